The quantitative estimate of drug-likeness (QED) is 0.929. The van der Waals surface area contributed by atoms with Crippen LogP contribution in [0.4, 0.5) is 0 Å². The number of rotatable bonds is 3. The van der Waals surface area contributed by atoms with Gasteiger partial charge in [0.05, 0.1) is 5.41 Å². The van der Waals surface area contributed by atoms with Crippen molar-refractivity contribution >= 4 is 15.9 Å². The molecule has 1 aromatic heterocycles. The summed E-state index contributed by atoms with van der Waals surface area (Å²) in [5, 5.41) is 4.13. The van der Waals surface area contributed by atoms with Crippen molar-refractivity contribution in [2.24, 2.45) is 5.73 Å². The molecule has 0 atom stereocenters. The van der Waals surface area contributed by atoms with Gasteiger partial charge in [-0.15, -0.1) is 0 Å². The van der Waals surface area contributed by atoms with Crippen LogP contribution in [0.25, 0.3) is 11.4 Å². The maximum Gasteiger partial charge on any atom is 0.234 e. The Morgan fingerprint density at radius 3 is 2.75 bits per heavy atom. The van der Waals surface area contributed by atoms with Gasteiger partial charge < -0.3 is 10.3 Å². The van der Waals surface area contributed by atoms with Gasteiger partial charge in [-0.2, -0.15) is 4.98 Å². The lowest BCUT2D eigenvalue weighted by molar-refractivity contribution is 0.220. The zero-order chi connectivity index (χ0) is 14.0. The molecule has 2 aromatic rings. The molecule has 2 N–H and O–H groups in total. The minimum atomic E-state index is -0.116. The van der Waals surface area contributed by atoms with Crippen LogP contribution in [0.15, 0.2) is 33.3 Å². The molecule has 0 bridgehead atoms. The highest BCUT2D eigenvalue weighted by atomic mass is 79.9. The third-order valence-electron chi connectivity index (χ3n) is 4.16. The first-order chi connectivity index (χ1) is 9.73. The van der Waals surface area contributed by atoms with Gasteiger partial charge >= 0.3 is 0 Å². The Kier molecular flexibility index (Phi) is 3.89. The first-order valence-electron chi connectivity index (χ1n) is 7.04. The molecule has 1 heterocycles. The summed E-state index contributed by atoms with van der Waals surface area (Å²) in [5.41, 5.74) is 6.85. The summed E-state index contributed by atoms with van der Waals surface area (Å²) >= 11 is 3.46. The molecule has 0 aliphatic heterocycles. The van der Waals surface area contributed by atoms with Gasteiger partial charge in [0.15, 0.2) is 0 Å². The second kappa shape index (κ2) is 5.66. The van der Waals surface area contributed by atoms with E-state index in [2.05, 4.69) is 26.1 Å². The van der Waals surface area contributed by atoms with E-state index >= 15 is 0 Å². The van der Waals surface area contributed by atoms with Crippen molar-refractivity contribution in [1.82, 2.24) is 10.1 Å². The second-order valence-electron chi connectivity index (χ2n) is 5.48. The van der Waals surface area contributed by atoms with Crippen LogP contribution < -0.4 is 5.73 Å². The number of hydrogen-bond acceptors (Lipinski definition) is 4. The SMILES string of the molecule is NCC1(c2nc(-c3cccc(Br)c3)no2)CCCCC1. The third kappa shape index (κ3) is 2.52. The van der Waals surface area contributed by atoms with Crippen molar-refractivity contribution in [3.63, 3.8) is 0 Å². The Balaban J connectivity index is 1.93. The Hall–Kier alpha value is -1.20. The number of nitrogens with two attached hydrogens (primary N) is 1. The molecule has 20 heavy (non-hydrogen) atoms. The summed E-state index contributed by atoms with van der Waals surface area (Å²) in [7, 11) is 0. The lowest BCUT2D eigenvalue weighted by Gasteiger charge is -2.32. The smallest absolute Gasteiger partial charge is 0.234 e. The Bertz CT molecular complexity index is 590. The maximum absolute atomic E-state index is 6.01. The van der Waals surface area contributed by atoms with Crippen molar-refractivity contribution < 1.29 is 4.52 Å². The molecule has 1 aromatic carbocycles. The van der Waals surface area contributed by atoms with Crippen LogP contribution in [0.2, 0.25) is 0 Å². The molecule has 3 rings (SSSR count). The molecule has 4 nitrogen and oxygen atoms in total. The molecular formula is C15H18BrN3O. The van der Waals surface area contributed by atoms with Gasteiger partial charge in [0.2, 0.25) is 11.7 Å². The fourth-order valence-electron chi connectivity index (χ4n) is 2.92. The molecule has 1 aliphatic carbocycles. The van der Waals surface area contributed by atoms with Gasteiger partial charge in [0.1, 0.15) is 0 Å². The van der Waals surface area contributed by atoms with Crippen LogP contribution >= 0.6 is 15.9 Å². The topological polar surface area (TPSA) is 64.9 Å². The van der Waals surface area contributed by atoms with Crippen molar-refractivity contribution in [2.75, 3.05) is 6.54 Å². The Morgan fingerprint density at radius 1 is 1.25 bits per heavy atom. The van der Waals surface area contributed by atoms with Crippen LogP contribution in [0.1, 0.15) is 38.0 Å². The van der Waals surface area contributed by atoms with Gasteiger partial charge in [-0.1, -0.05) is 52.5 Å². The van der Waals surface area contributed by atoms with E-state index in [0.29, 0.717) is 18.3 Å². The zero-order valence-corrected chi connectivity index (χ0v) is 12.9. The van der Waals surface area contributed by atoms with Crippen LogP contribution in [0, 0.1) is 0 Å². The average Bonchev–Trinajstić information content (AvgIpc) is 2.98. The average molecular weight is 336 g/mol. The number of nitrogens with zero attached hydrogens (tertiary/aromatic N) is 2. The van der Waals surface area contributed by atoms with Crippen molar-refractivity contribution in [3.8, 4) is 11.4 Å². The number of halogens is 1. The molecule has 5 heteroatoms. The van der Waals surface area contributed by atoms with E-state index < -0.39 is 0 Å². The zero-order valence-electron chi connectivity index (χ0n) is 11.3. The van der Waals surface area contributed by atoms with Gasteiger partial charge in [-0.05, 0) is 25.0 Å². The second-order valence-corrected chi connectivity index (χ2v) is 6.39. The summed E-state index contributed by atoms with van der Waals surface area (Å²) in [4.78, 5) is 4.61. The molecule has 0 unspecified atom stereocenters. The summed E-state index contributed by atoms with van der Waals surface area (Å²) in [6, 6.07) is 7.92. The normalized spacial score (nSPS) is 18.1. The highest BCUT2D eigenvalue weighted by molar-refractivity contribution is 9.10. The van der Waals surface area contributed by atoms with E-state index in [1.54, 1.807) is 0 Å². The van der Waals surface area contributed by atoms with E-state index in [9.17, 15) is 0 Å². The van der Waals surface area contributed by atoms with E-state index in [1.807, 2.05) is 24.3 Å². The highest BCUT2D eigenvalue weighted by Gasteiger charge is 2.38. The molecule has 0 saturated heterocycles. The fraction of sp³-hybridized carbons (Fsp3) is 0.467. The Labute approximate surface area is 126 Å². The predicted octanol–water partition coefficient (Wildman–Crippen LogP) is 3.66. The maximum atomic E-state index is 6.01. The third-order valence-corrected chi connectivity index (χ3v) is 4.66. The summed E-state index contributed by atoms with van der Waals surface area (Å²) in [5.74, 6) is 1.34. The molecule has 0 spiro atoms. The van der Waals surface area contributed by atoms with Crippen LogP contribution in [0.3, 0.4) is 0 Å². The van der Waals surface area contributed by atoms with E-state index in [-0.39, 0.29) is 5.41 Å². The Morgan fingerprint density at radius 2 is 2.05 bits per heavy atom. The van der Waals surface area contributed by atoms with Crippen LogP contribution in [0.5, 0.6) is 0 Å². The summed E-state index contributed by atoms with van der Waals surface area (Å²) in [6.45, 7) is 0.577. The highest BCUT2D eigenvalue weighted by Crippen LogP contribution is 2.38. The van der Waals surface area contributed by atoms with Crippen molar-refractivity contribution in [1.29, 1.82) is 0 Å². The molecule has 1 fully saturated rings. The minimum absolute atomic E-state index is 0.116. The van der Waals surface area contributed by atoms with E-state index in [4.69, 9.17) is 10.3 Å². The molecule has 1 aliphatic rings. The number of benzene rings is 1. The first kappa shape index (κ1) is 13.8. The van der Waals surface area contributed by atoms with Crippen LogP contribution in [-0.2, 0) is 5.41 Å². The lowest BCUT2D eigenvalue weighted by Crippen LogP contribution is -2.37. The largest absolute Gasteiger partial charge is 0.338 e. The predicted molar refractivity (Wildman–Crippen MR) is 81.3 cm³/mol. The molecule has 0 radical (unpaired) electrons. The van der Waals surface area contributed by atoms with Gasteiger partial charge in [-0.3, -0.25) is 0 Å². The standard InChI is InChI=1S/C15H18BrN3O/c16-12-6-4-5-11(9-12)13-18-14(20-19-13)15(10-17)7-2-1-3-8-15/h4-6,9H,1-3,7-8,10,17H2. The summed E-state index contributed by atoms with van der Waals surface area (Å²) < 4.78 is 6.54. The van der Waals surface area contributed by atoms with Gasteiger partial charge in [0.25, 0.3) is 0 Å². The van der Waals surface area contributed by atoms with E-state index in [0.717, 1.165) is 22.9 Å². The van der Waals surface area contributed by atoms with Crippen LogP contribution in [-0.4, -0.2) is 16.7 Å². The lowest BCUT2D eigenvalue weighted by atomic mass is 9.74. The molecule has 0 amide bonds. The monoisotopic (exact) mass is 335 g/mol. The van der Waals surface area contributed by atoms with Crippen molar-refractivity contribution in [2.45, 2.75) is 37.5 Å². The molecule has 1 saturated carbocycles. The fourth-order valence-corrected chi connectivity index (χ4v) is 3.32. The van der Waals surface area contributed by atoms with Gasteiger partial charge in [-0.25, -0.2) is 0 Å². The number of aromatic nitrogens is 2. The van der Waals surface area contributed by atoms with E-state index in [1.165, 1.54) is 19.3 Å². The summed E-state index contributed by atoms with van der Waals surface area (Å²) in [6.07, 6.45) is 5.74. The minimum Gasteiger partial charge on any atom is -0.338 e. The van der Waals surface area contributed by atoms with Crippen molar-refractivity contribution in [3.05, 3.63) is 34.6 Å². The van der Waals surface area contributed by atoms with Gasteiger partial charge in [0, 0.05) is 16.6 Å². The molecular weight excluding hydrogens is 318 g/mol. The molecule has 106 valence electrons. The first-order valence-corrected chi connectivity index (χ1v) is 7.83. The number of hydrogen-bond donors (Lipinski definition) is 1.